The van der Waals surface area contributed by atoms with Crippen LogP contribution in [0.4, 0.5) is 5.69 Å². The van der Waals surface area contributed by atoms with Crippen molar-refractivity contribution in [2.45, 2.75) is 25.9 Å². The van der Waals surface area contributed by atoms with Crippen molar-refractivity contribution >= 4 is 27.6 Å². The van der Waals surface area contributed by atoms with Crippen LogP contribution in [0.25, 0.3) is 0 Å². The van der Waals surface area contributed by atoms with Gasteiger partial charge in [-0.1, -0.05) is 22.0 Å². The fraction of sp³-hybridized carbons (Fsp3) is 0.500. The molecule has 0 radical (unpaired) electrons. The molecule has 0 fully saturated rings. The summed E-state index contributed by atoms with van der Waals surface area (Å²) in [5.41, 5.74) is 2.21. The normalized spacial score (nSPS) is 12.1. The maximum Gasteiger partial charge on any atom is 0.305 e. The van der Waals surface area contributed by atoms with Gasteiger partial charge in [-0.2, -0.15) is 0 Å². The number of benzene rings is 1. The minimum atomic E-state index is -0.553. The highest BCUT2D eigenvalue weighted by Crippen LogP contribution is 2.24. The SMILES string of the molecule is COC(=O)CCC(O)CN(C)c1cc(Br)ccc1C. The minimum Gasteiger partial charge on any atom is -0.469 e. The zero-order valence-corrected chi connectivity index (χ0v) is 13.1. The average Bonchev–Trinajstić information content (AvgIpc) is 2.38. The topological polar surface area (TPSA) is 49.8 Å². The zero-order chi connectivity index (χ0) is 14.4. The Bertz CT molecular complexity index is 437. The smallest absolute Gasteiger partial charge is 0.305 e. The summed E-state index contributed by atoms with van der Waals surface area (Å²) < 4.78 is 5.56. The van der Waals surface area contributed by atoms with Crippen LogP contribution in [0, 0.1) is 6.92 Å². The summed E-state index contributed by atoms with van der Waals surface area (Å²) in [5.74, 6) is -0.291. The number of anilines is 1. The van der Waals surface area contributed by atoms with E-state index in [0.717, 1.165) is 15.7 Å². The molecule has 1 rings (SSSR count). The lowest BCUT2D eigenvalue weighted by molar-refractivity contribution is -0.141. The first-order valence-electron chi connectivity index (χ1n) is 6.16. The van der Waals surface area contributed by atoms with E-state index in [2.05, 4.69) is 20.7 Å². The molecular formula is C14H20BrNO3. The maximum absolute atomic E-state index is 11.0. The van der Waals surface area contributed by atoms with E-state index in [9.17, 15) is 9.90 Å². The summed E-state index contributed by atoms with van der Waals surface area (Å²) in [6.45, 7) is 2.51. The number of nitrogens with zero attached hydrogens (tertiary/aromatic N) is 1. The van der Waals surface area contributed by atoms with Crippen molar-refractivity contribution in [3.63, 3.8) is 0 Å². The number of methoxy groups -OCH3 is 1. The third-order valence-electron chi connectivity index (χ3n) is 2.98. The number of rotatable bonds is 6. The van der Waals surface area contributed by atoms with Crippen molar-refractivity contribution in [2.75, 3.05) is 25.6 Å². The monoisotopic (exact) mass is 329 g/mol. The summed E-state index contributed by atoms with van der Waals surface area (Å²) in [7, 11) is 3.28. The molecule has 0 bridgehead atoms. The van der Waals surface area contributed by atoms with Crippen LogP contribution in [-0.4, -0.2) is 37.9 Å². The summed E-state index contributed by atoms with van der Waals surface area (Å²) in [6.07, 6.45) is 0.0926. The van der Waals surface area contributed by atoms with Crippen molar-refractivity contribution in [2.24, 2.45) is 0 Å². The maximum atomic E-state index is 11.0. The van der Waals surface area contributed by atoms with Crippen LogP contribution in [0.5, 0.6) is 0 Å². The Morgan fingerprint density at radius 1 is 1.53 bits per heavy atom. The molecule has 1 aromatic carbocycles. The molecule has 1 atom stereocenters. The number of halogens is 1. The van der Waals surface area contributed by atoms with Crippen molar-refractivity contribution in [1.82, 2.24) is 0 Å². The molecule has 1 N–H and O–H groups in total. The molecular weight excluding hydrogens is 310 g/mol. The largest absolute Gasteiger partial charge is 0.469 e. The highest BCUT2D eigenvalue weighted by molar-refractivity contribution is 9.10. The van der Waals surface area contributed by atoms with Gasteiger partial charge in [0, 0.05) is 30.2 Å². The number of ether oxygens (including phenoxy) is 1. The molecule has 1 aromatic rings. The fourth-order valence-corrected chi connectivity index (χ4v) is 2.24. The standard InChI is InChI=1S/C14H20BrNO3/c1-10-4-5-11(15)8-13(10)16(2)9-12(17)6-7-14(18)19-3/h4-5,8,12,17H,6-7,9H2,1-3H3. The second-order valence-electron chi connectivity index (χ2n) is 4.58. The van der Waals surface area contributed by atoms with E-state index in [4.69, 9.17) is 0 Å². The number of aryl methyl sites for hydroxylation is 1. The minimum absolute atomic E-state index is 0.239. The summed E-state index contributed by atoms with van der Waals surface area (Å²) in [5, 5.41) is 9.92. The van der Waals surface area contributed by atoms with Gasteiger partial charge in [0.2, 0.25) is 0 Å². The summed E-state index contributed by atoms with van der Waals surface area (Å²) >= 11 is 3.44. The Morgan fingerprint density at radius 2 is 2.21 bits per heavy atom. The van der Waals surface area contributed by atoms with E-state index in [1.807, 2.05) is 37.1 Å². The molecule has 0 aliphatic rings. The number of hydrogen-bond acceptors (Lipinski definition) is 4. The lowest BCUT2D eigenvalue weighted by Crippen LogP contribution is -2.30. The number of aliphatic hydroxyl groups excluding tert-OH is 1. The van der Waals surface area contributed by atoms with E-state index in [-0.39, 0.29) is 12.4 Å². The first-order chi connectivity index (χ1) is 8.93. The van der Waals surface area contributed by atoms with Crippen LogP contribution in [0.15, 0.2) is 22.7 Å². The second kappa shape index (κ2) is 7.50. The Labute approximate surface area is 122 Å². The predicted octanol–water partition coefficient (Wildman–Crippen LogP) is 2.51. The average molecular weight is 330 g/mol. The van der Waals surface area contributed by atoms with Crippen molar-refractivity contribution in [3.05, 3.63) is 28.2 Å². The molecule has 0 saturated carbocycles. The first-order valence-corrected chi connectivity index (χ1v) is 6.95. The lowest BCUT2D eigenvalue weighted by Gasteiger charge is -2.24. The molecule has 0 aromatic heterocycles. The van der Waals surface area contributed by atoms with E-state index < -0.39 is 6.10 Å². The van der Waals surface area contributed by atoms with Gasteiger partial charge in [-0.25, -0.2) is 0 Å². The van der Waals surface area contributed by atoms with Gasteiger partial charge in [0.25, 0.3) is 0 Å². The molecule has 1 unspecified atom stereocenters. The fourth-order valence-electron chi connectivity index (χ4n) is 1.89. The molecule has 19 heavy (non-hydrogen) atoms. The number of esters is 1. The lowest BCUT2D eigenvalue weighted by atomic mass is 10.1. The Balaban J connectivity index is 2.56. The number of likely N-dealkylation sites (N-methyl/N-ethyl adjacent to an activating group) is 1. The Kier molecular flexibility index (Phi) is 6.31. The highest BCUT2D eigenvalue weighted by atomic mass is 79.9. The van der Waals surface area contributed by atoms with Crippen molar-refractivity contribution in [1.29, 1.82) is 0 Å². The van der Waals surface area contributed by atoms with Crippen LogP contribution in [-0.2, 0) is 9.53 Å². The molecule has 106 valence electrons. The summed E-state index contributed by atoms with van der Waals surface area (Å²) in [6, 6.07) is 6.03. The van der Waals surface area contributed by atoms with E-state index in [0.29, 0.717) is 13.0 Å². The van der Waals surface area contributed by atoms with Crippen LogP contribution in [0.3, 0.4) is 0 Å². The number of hydrogen-bond donors (Lipinski definition) is 1. The summed E-state index contributed by atoms with van der Waals surface area (Å²) in [4.78, 5) is 13.0. The molecule has 0 spiro atoms. The number of carbonyl (C=O) groups excluding carboxylic acids is 1. The van der Waals surface area contributed by atoms with E-state index in [1.54, 1.807) is 0 Å². The van der Waals surface area contributed by atoms with Gasteiger partial charge in [-0.05, 0) is 31.0 Å². The van der Waals surface area contributed by atoms with Crippen molar-refractivity contribution in [3.8, 4) is 0 Å². The molecule has 0 amide bonds. The van der Waals surface area contributed by atoms with Crippen LogP contribution < -0.4 is 4.90 Å². The third-order valence-corrected chi connectivity index (χ3v) is 3.47. The second-order valence-corrected chi connectivity index (χ2v) is 5.50. The molecule has 0 aliphatic heterocycles. The number of carbonyl (C=O) groups is 1. The van der Waals surface area contributed by atoms with E-state index in [1.165, 1.54) is 7.11 Å². The van der Waals surface area contributed by atoms with Crippen LogP contribution in [0.2, 0.25) is 0 Å². The van der Waals surface area contributed by atoms with Gasteiger partial charge in [-0.3, -0.25) is 4.79 Å². The van der Waals surface area contributed by atoms with Gasteiger partial charge >= 0.3 is 5.97 Å². The zero-order valence-electron chi connectivity index (χ0n) is 11.5. The van der Waals surface area contributed by atoms with Gasteiger partial charge in [0.15, 0.2) is 0 Å². The quantitative estimate of drug-likeness (QED) is 0.815. The Hall–Kier alpha value is -1.07. The molecule has 4 nitrogen and oxygen atoms in total. The first kappa shape index (κ1) is 16.0. The van der Waals surface area contributed by atoms with Gasteiger partial charge in [0.05, 0.1) is 13.2 Å². The number of aliphatic hydroxyl groups is 1. The van der Waals surface area contributed by atoms with E-state index >= 15 is 0 Å². The van der Waals surface area contributed by atoms with Gasteiger partial charge in [-0.15, -0.1) is 0 Å². The predicted molar refractivity (Wildman–Crippen MR) is 79.4 cm³/mol. The van der Waals surface area contributed by atoms with Gasteiger partial charge < -0.3 is 14.7 Å². The van der Waals surface area contributed by atoms with Crippen molar-refractivity contribution < 1.29 is 14.6 Å². The van der Waals surface area contributed by atoms with Crippen LogP contribution >= 0.6 is 15.9 Å². The third kappa shape index (κ3) is 5.20. The molecule has 0 aliphatic carbocycles. The highest BCUT2D eigenvalue weighted by Gasteiger charge is 2.13. The molecule has 0 saturated heterocycles. The molecule has 0 heterocycles. The van der Waals surface area contributed by atoms with Gasteiger partial charge in [0.1, 0.15) is 0 Å². The molecule has 5 heteroatoms. The van der Waals surface area contributed by atoms with Crippen LogP contribution in [0.1, 0.15) is 18.4 Å². The Morgan fingerprint density at radius 3 is 2.84 bits per heavy atom.